The van der Waals surface area contributed by atoms with Crippen LogP contribution in [-0.4, -0.2) is 22.8 Å². The van der Waals surface area contributed by atoms with Crippen molar-refractivity contribution in [2.24, 2.45) is 0 Å². The molecule has 2 rings (SSSR count). The fourth-order valence-corrected chi connectivity index (χ4v) is 1.61. The lowest BCUT2D eigenvalue weighted by Gasteiger charge is -2.13. The summed E-state index contributed by atoms with van der Waals surface area (Å²) in [5.41, 5.74) is 0.975. The molecule has 0 unspecified atom stereocenters. The van der Waals surface area contributed by atoms with E-state index in [2.05, 4.69) is 15.6 Å². The number of para-hydroxylation sites is 1. The van der Waals surface area contributed by atoms with E-state index in [1.54, 1.807) is 37.3 Å². The summed E-state index contributed by atoms with van der Waals surface area (Å²) in [6, 6.07) is 13.5. The monoisotopic (exact) mass is 269 g/mol. The maximum absolute atomic E-state index is 11.9. The number of aromatic nitrogens is 1. The Kier molecular flexibility index (Phi) is 4.44. The van der Waals surface area contributed by atoms with Crippen LogP contribution in [0.1, 0.15) is 17.4 Å². The van der Waals surface area contributed by atoms with Crippen LogP contribution in [0.4, 0.5) is 5.69 Å². The van der Waals surface area contributed by atoms with E-state index in [1.807, 2.05) is 18.2 Å². The molecule has 0 fully saturated rings. The first kappa shape index (κ1) is 13.7. The van der Waals surface area contributed by atoms with Gasteiger partial charge in [-0.2, -0.15) is 0 Å². The largest absolute Gasteiger partial charge is 0.339 e. The van der Waals surface area contributed by atoms with Crippen molar-refractivity contribution < 1.29 is 9.59 Å². The minimum Gasteiger partial charge on any atom is -0.339 e. The smallest absolute Gasteiger partial charge is 0.270 e. The molecule has 0 aliphatic carbocycles. The minimum atomic E-state index is -0.648. The third-order valence-electron chi connectivity index (χ3n) is 2.68. The Morgan fingerprint density at radius 3 is 2.40 bits per heavy atom. The summed E-state index contributed by atoms with van der Waals surface area (Å²) in [5, 5.41) is 5.33. The molecule has 1 heterocycles. The molecular formula is C15H15N3O2. The lowest BCUT2D eigenvalue weighted by molar-refractivity contribution is -0.117. The van der Waals surface area contributed by atoms with Gasteiger partial charge in [0.05, 0.1) is 0 Å². The van der Waals surface area contributed by atoms with E-state index in [1.165, 1.54) is 6.20 Å². The molecule has 1 aromatic carbocycles. The highest BCUT2D eigenvalue weighted by molar-refractivity contribution is 6.00. The summed E-state index contributed by atoms with van der Waals surface area (Å²) in [6.45, 7) is 1.62. The summed E-state index contributed by atoms with van der Waals surface area (Å²) in [6.07, 6.45) is 1.53. The van der Waals surface area contributed by atoms with Crippen LogP contribution in [0.5, 0.6) is 0 Å². The second kappa shape index (κ2) is 6.47. The molecular weight excluding hydrogens is 254 g/mol. The zero-order chi connectivity index (χ0) is 14.4. The van der Waals surface area contributed by atoms with Crippen LogP contribution in [-0.2, 0) is 4.79 Å². The van der Waals surface area contributed by atoms with E-state index in [9.17, 15) is 9.59 Å². The number of hydrogen-bond donors (Lipinski definition) is 2. The number of carbonyl (C=O) groups excluding carboxylic acids is 2. The predicted octanol–water partition coefficient (Wildman–Crippen LogP) is 1.84. The SMILES string of the molecule is C[C@H](NC(=O)c1ccccn1)C(=O)Nc1ccccc1. The highest BCUT2D eigenvalue weighted by atomic mass is 16.2. The van der Waals surface area contributed by atoms with Gasteiger partial charge in [0.2, 0.25) is 5.91 Å². The lowest BCUT2D eigenvalue weighted by atomic mass is 10.2. The van der Waals surface area contributed by atoms with Gasteiger partial charge in [-0.3, -0.25) is 14.6 Å². The Bertz CT molecular complexity index is 585. The van der Waals surface area contributed by atoms with Crippen LogP contribution in [0.15, 0.2) is 54.7 Å². The van der Waals surface area contributed by atoms with Crippen LogP contribution in [0, 0.1) is 0 Å². The van der Waals surface area contributed by atoms with Gasteiger partial charge in [0.15, 0.2) is 0 Å². The number of nitrogens with one attached hydrogen (secondary N) is 2. The van der Waals surface area contributed by atoms with Gasteiger partial charge in [-0.25, -0.2) is 0 Å². The van der Waals surface area contributed by atoms with Gasteiger partial charge in [0.1, 0.15) is 11.7 Å². The average molecular weight is 269 g/mol. The highest BCUT2D eigenvalue weighted by Gasteiger charge is 2.17. The van der Waals surface area contributed by atoms with Gasteiger partial charge >= 0.3 is 0 Å². The van der Waals surface area contributed by atoms with Gasteiger partial charge in [0, 0.05) is 11.9 Å². The van der Waals surface area contributed by atoms with E-state index in [0.29, 0.717) is 5.69 Å². The Balaban J connectivity index is 1.93. The first-order valence-electron chi connectivity index (χ1n) is 6.24. The third kappa shape index (κ3) is 3.65. The maximum Gasteiger partial charge on any atom is 0.270 e. The van der Waals surface area contributed by atoms with E-state index < -0.39 is 6.04 Å². The molecule has 0 radical (unpaired) electrons. The highest BCUT2D eigenvalue weighted by Crippen LogP contribution is 2.05. The molecule has 0 bridgehead atoms. The van der Waals surface area contributed by atoms with E-state index in [4.69, 9.17) is 0 Å². The minimum absolute atomic E-state index is 0.277. The Morgan fingerprint density at radius 1 is 1.05 bits per heavy atom. The number of amides is 2. The fraction of sp³-hybridized carbons (Fsp3) is 0.133. The van der Waals surface area contributed by atoms with Crippen LogP contribution in [0.2, 0.25) is 0 Å². The van der Waals surface area contributed by atoms with E-state index in [0.717, 1.165) is 0 Å². The fourth-order valence-electron chi connectivity index (χ4n) is 1.61. The van der Waals surface area contributed by atoms with Crippen LogP contribution < -0.4 is 10.6 Å². The van der Waals surface area contributed by atoms with Crippen molar-refractivity contribution in [1.29, 1.82) is 0 Å². The number of hydrogen-bond acceptors (Lipinski definition) is 3. The number of rotatable bonds is 4. The van der Waals surface area contributed by atoms with Crippen molar-refractivity contribution in [3.8, 4) is 0 Å². The van der Waals surface area contributed by atoms with Gasteiger partial charge in [-0.05, 0) is 31.2 Å². The molecule has 0 saturated carbocycles. The molecule has 102 valence electrons. The van der Waals surface area contributed by atoms with Gasteiger partial charge in [-0.15, -0.1) is 0 Å². The molecule has 0 aliphatic heterocycles. The average Bonchev–Trinajstić information content (AvgIpc) is 2.49. The van der Waals surface area contributed by atoms with Gasteiger partial charge in [-0.1, -0.05) is 24.3 Å². The molecule has 2 amide bonds. The summed E-state index contributed by atoms with van der Waals surface area (Å²) < 4.78 is 0. The zero-order valence-corrected chi connectivity index (χ0v) is 11.0. The number of carbonyl (C=O) groups is 2. The summed E-state index contributed by atoms with van der Waals surface area (Å²) in [4.78, 5) is 27.7. The molecule has 1 aromatic heterocycles. The van der Waals surface area contributed by atoms with Crippen LogP contribution >= 0.6 is 0 Å². The standard InChI is InChI=1S/C15H15N3O2/c1-11(14(19)18-12-7-3-2-4-8-12)17-15(20)13-9-5-6-10-16-13/h2-11H,1H3,(H,17,20)(H,18,19)/t11-/m0/s1. The number of anilines is 1. The molecule has 2 aromatic rings. The first-order chi connectivity index (χ1) is 9.66. The van der Waals surface area contributed by atoms with Gasteiger partial charge in [0.25, 0.3) is 5.91 Å². The quantitative estimate of drug-likeness (QED) is 0.889. The van der Waals surface area contributed by atoms with Crippen molar-refractivity contribution in [3.63, 3.8) is 0 Å². The van der Waals surface area contributed by atoms with Crippen molar-refractivity contribution in [2.75, 3.05) is 5.32 Å². The number of pyridine rings is 1. The van der Waals surface area contributed by atoms with Crippen molar-refractivity contribution in [3.05, 3.63) is 60.4 Å². The molecule has 0 spiro atoms. The Hall–Kier alpha value is -2.69. The molecule has 5 heteroatoms. The van der Waals surface area contributed by atoms with Crippen molar-refractivity contribution in [2.45, 2.75) is 13.0 Å². The molecule has 1 atom stereocenters. The molecule has 2 N–H and O–H groups in total. The molecule has 0 saturated heterocycles. The summed E-state index contributed by atoms with van der Waals surface area (Å²) in [7, 11) is 0. The second-order valence-corrected chi connectivity index (χ2v) is 4.27. The van der Waals surface area contributed by atoms with Crippen molar-refractivity contribution in [1.82, 2.24) is 10.3 Å². The Labute approximate surface area is 117 Å². The number of nitrogens with zero attached hydrogens (tertiary/aromatic N) is 1. The zero-order valence-electron chi connectivity index (χ0n) is 11.0. The second-order valence-electron chi connectivity index (χ2n) is 4.27. The molecule has 5 nitrogen and oxygen atoms in total. The Morgan fingerprint density at radius 2 is 1.75 bits per heavy atom. The van der Waals surface area contributed by atoms with Gasteiger partial charge < -0.3 is 10.6 Å². The third-order valence-corrected chi connectivity index (χ3v) is 2.68. The van der Waals surface area contributed by atoms with Crippen LogP contribution in [0.3, 0.4) is 0 Å². The summed E-state index contributed by atoms with van der Waals surface area (Å²) >= 11 is 0. The van der Waals surface area contributed by atoms with Crippen LogP contribution in [0.25, 0.3) is 0 Å². The normalized spacial score (nSPS) is 11.4. The summed E-state index contributed by atoms with van der Waals surface area (Å²) in [5.74, 6) is -0.651. The van der Waals surface area contributed by atoms with E-state index in [-0.39, 0.29) is 17.5 Å². The predicted molar refractivity (Wildman–Crippen MR) is 76.2 cm³/mol. The maximum atomic E-state index is 11.9. The lowest BCUT2D eigenvalue weighted by Crippen LogP contribution is -2.41. The van der Waals surface area contributed by atoms with E-state index >= 15 is 0 Å². The topological polar surface area (TPSA) is 71.1 Å². The first-order valence-corrected chi connectivity index (χ1v) is 6.24. The molecule has 0 aliphatic rings. The molecule has 20 heavy (non-hydrogen) atoms. The van der Waals surface area contributed by atoms with Crippen molar-refractivity contribution >= 4 is 17.5 Å². The number of benzene rings is 1.